The van der Waals surface area contributed by atoms with Crippen LogP contribution in [0.2, 0.25) is 0 Å². The Bertz CT molecular complexity index is 1190. The normalized spacial score (nSPS) is 21.0. The molecule has 2 amide bonds. The molecular formula is C22H21F2N3O5. The van der Waals surface area contributed by atoms with Crippen molar-refractivity contribution in [2.45, 2.75) is 50.6 Å². The highest BCUT2D eigenvalue weighted by atomic mass is 19.1. The van der Waals surface area contributed by atoms with Gasteiger partial charge in [0.05, 0.1) is 18.7 Å². The van der Waals surface area contributed by atoms with Crippen molar-refractivity contribution in [3.05, 3.63) is 63.1 Å². The zero-order valence-corrected chi connectivity index (χ0v) is 17.1. The van der Waals surface area contributed by atoms with Gasteiger partial charge in [0.2, 0.25) is 5.43 Å². The van der Waals surface area contributed by atoms with Gasteiger partial charge in [0, 0.05) is 24.4 Å². The summed E-state index contributed by atoms with van der Waals surface area (Å²) in [7, 11) is 0. The van der Waals surface area contributed by atoms with Gasteiger partial charge >= 0.3 is 0 Å². The number of carbonyl (C=O) groups is 2. The lowest BCUT2D eigenvalue weighted by atomic mass is 10.0. The van der Waals surface area contributed by atoms with Crippen LogP contribution in [-0.4, -0.2) is 44.8 Å². The number of nitrogens with one attached hydrogen (secondary N) is 1. The van der Waals surface area contributed by atoms with Gasteiger partial charge in [-0.3, -0.25) is 14.4 Å². The first kappa shape index (κ1) is 20.6. The van der Waals surface area contributed by atoms with Gasteiger partial charge in [-0.25, -0.2) is 8.78 Å². The fourth-order valence-electron chi connectivity index (χ4n) is 4.86. The maximum Gasteiger partial charge on any atom is 0.276 e. The van der Waals surface area contributed by atoms with Gasteiger partial charge in [-0.2, -0.15) is 0 Å². The number of rotatable bonds is 3. The minimum Gasteiger partial charge on any atom is -0.503 e. The van der Waals surface area contributed by atoms with Gasteiger partial charge in [-0.15, -0.1) is 0 Å². The second kappa shape index (κ2) is 7.40. The molecule has 2 fully saturated rings. The summed E-state index contributed by atoms with van der Waals surface area (Å²) in [5, 5.41) is 12.9. The Morgan fingerprint density at radius 2 is 2.00 bits per heavy atom. The maximum atomic E-state index is 13.8. The topological polar surface area (TPSA) is 101 Å². The van der Waals surface area contributed by atoms with Crippen molar-refractivity contribution in [2.24, 2.45) is 0 Å². The average molecular weight is 445 g/mol. The lowest BCUT2D eigenvalue weighted by Gasteiger charge is -2.31. The van der Waals surface area contributed by atoms with Crippen LogP contribution < -0.4 is 10.7 Å². The van der Waals surface area contributed by atoms with Crippen LogP contribution in [0.15, 0.2) is 29.2 Å². The van der Waals surface area contributed by atoms with Crippen LogP contribution in [-0.2, 0) is 17.8 Å². The molecular weight excluding hydrogens is 424 g/mol. The summed E-state index contributed by atoms with van der Waals surface area (Å²) in [6.45, 7) is 0.299. The van der Waals surface area contributed by atoms with Crippen molar-refractivity contribution in [1.29, 1.82) is 0 Å². The monoisotopic (exact) mass is 445 g/mol. The van der Waals surface area contributed by atoms with Gasteiger partial charge in [0.25, 0.3) is 11.8 Å². The summed E-state index contributed by atoms with van der Waals surface area (Å²) in [6.07, 6.45) is 4.40. The molecule has 3 heterocycles. The predicted octanol–water partition coefficient (Wildman–Crippen LogP) is 1.89. The van der Waals surface area contributed by atoms with Crippen LogP contribution in [0.5, 0.6) is 5.75 Å². The molecule has 1 spiro atoms. The molecule has 1 atom stereocenters. The smallest absolute Gasteiger partial charge is 0.276 e. The van der Waals surface area contributed by atoms with Gasteiger partial charge < -0.3 is 24.6 Å². The van der Waals surface area contributed by atoms with E-state index in [2.05, 4.69) is 5.32 Å². The number of aromatic nitrogens is 1. The van der Waals surface area contributed by atoms with Gasteiger partial charge in [-0.1, -0.05) is 18.9 Å². The number of halogens is 2. The van der Waals surface area contributed by atoms with E-state index in [-0.39, 0.29) is 29.9 Å². The molecule has 168 valence electrons. The van der Waals surface area contributed by atoms with E-state index in [1.165, 1.54) is 21.7 Å². The van der Waals surface area contributed by atoms with E-state index in [1.54, 1.807) is 0 Å². The second-order valence-corrected chi connectivity index (χ2v) is 8.54. The van der Waals surface area contributed by atoms with Crippen molar-refractivity contribution in [3.63, 3.8) is 0 Å². The Morgan fingerprint density at radius 1 is 1.25 bits per heavy atom. The molecule has 2 aromatic rings. The molecule has 1 saturated carbocycles. The summed E-state index contributed by atoms with van der Waals surface area (Å²) in [5.74, 6) is -3.75. The molecule has 2 aliphatic heterocycles. The second-order valence-electron chi connectivity index (χ2n) is 8.54. The molecule has 0 radical (unpaired) electrons. The lowest BCUT2D eigenvalue weighted by Crippen LogP contribution is -2.46. The molecule has 3 aliphatic rings. The van der Waals surface area contributed by atoms with Gasteiger partial charge in [-0.05, 0) is 18.9 Å². The number of hydrogen-bond acceptors (Lipinski definition) is 5. The summed E-state index contributed by atoms with van der Waals surface area (Å²) in [5.41, 5.74) is -1.90. The Morgan fingerprint density at radius 3 is 2.72 bits per heavy atom. The van der Waals surface area contributed by atoms with Gasteiger partial charge in [0.1, 0.15) is 17.2 Å². The van der Waals surface area contributed by atoms with E-state index in [0.29, 0.717) is 12.6 Å². The largest absolute Gasteiger partial charge is 0.503 e. The summed E-state index contributed by atoms with van der Waals surface area (Å²) in [4.78, 5) is 39.8. The number of ether oxygens (including phenoxy) is 1. The number of aromatic hydroxyl groups is 1. The summed E-state index contributed by atoms with van der Waals surface area (Å²) < 4.78 is 34.4. The van der Waals surface area contributed by atoms with E-state index in [1.807, 2.05) is 0 Å². The third-order valence-corrected chi connectivity index (χ3v) is 6.48. The minimum absolute atomic E-state index is 0.0362. The molecule has 5 rings (SSSR count). The van der Waals surface area contributed by atoms with Crippen molar-refractivity contribution >= 4 is 11.8 Å². The first-order valence-electron chi connectivity index (χ1n) is 10.5. The Hall–Kier alpha value is -3.27. The standard InChI is InChI=1S/C22H21F2N3O5/c23-13-4-3-12(15(24)7-13)8-25-20(30)14-9-26-10-16-27(11-22(32-16)5-1-2-6-22)21(31)17(26)19(29)18(14)28/h3-4,7,9,16,29H,1-2,5-6,8,10-11H2,(H,25,30). The summed E-state index contributed by atoms with van der Waals surface area (Å²) >= 11 is 0. The molecule has 1 saturated heterocycles. The Kier molecular flexibility index (Phi) is 4.77. The van der Waals surface area contributed by atoms with Crippen LogP contribution in [0.25, 0.3) is 0 Å². The number of fused-ring (bicyclic) bond motifs is 2. The van der Waals surface area contributed by atoms with Crippen LogP contribution >= 0.6 is 0 Å². The van der Waals surface area contributed by atoms with Crippen LogP contribution in [0.4, 0.5) is 8.78 Å². The number of hydrogen-bond donors (Lipinski definition) is 2. The fourth-order valence-corrected chi connectivity index (χ4v) is 4.86. The highest BCUT2D eigenvalue weighted by Crippen LogP contribution is 2.42. The van der Waals surface area contributed by atoms with Crippen molar-refractivity contribution in [3.8, 4) is 5.75 Å². The molecule has 1 unspecified atom stereocenters. The minimum atomic E-state index is -0.990. The number of amides is 2. The number of benzene rings is 1. The number of nitrogens with zero attached hydrogens (tertiary/aromatic N) is 2. The number of pyridine rings is 1. The third-order valence-electron chi connectivity index (χ3n) is 6.48. The lowest BCUT2D eigenvalue weighted by molar-refractivity contribution is -0.0607. The maximum absolute atomic E-state index is 13.8. The quantitative estimate of drug-likeness (QED) is 0.752. The van der Waals surface area contributed by atoms with E-state index in [9.17, 15) is 28.3 Å². The predicted molar refractivity (Wildman–Crippen MR) is 107 cm³/mol. The highest BCUT2D eigenvalue weighted by Gasteiger charge is 2.51. The molecule has 32 heavy (non-hydrogen) atoms. The zero-order valence-electron chi connectivity index (χ0n) is 17.1. The Balaban J connectivity index is 1.41. The summed E-state index contributed by atoms with van der Waals surface area (Å²) in [6, 6.07) is 2.93. The fraction of sp³-hybridized carbons (Fsp3) is 0.409. The molecule has 0 bridgehead atoms. The zero-order chi connectivity index (χ0) is 22.6. The van der Waals surface area contributed by atoms with Crippen LogP contribution in [0, 0.1) is 11.6 Å². The third kappa shape index (κ3) is 3.26. The molecule has 2 N–H and O–H groups in total. The molecule has 1 aromatic heterocycles. The average Bonchev–Trinajstić information content (AvgIpc) is 3.36. The van der Waals surface area contributed by atoms with Crippen LogP contribution in [0.1, 0.15) is 52.1 Å². The SMILES string of the molecule is O=C(NCc1ccc(F)cc1F)c1cn2c(c(O)c1=O)C(=O)N1CC3(CCCC3)OC1C2. The van der Waals surface area contributed by atoms with Crippen molar-refractivity contribution in [1.82, 2.24) is 14.8 Å². The van der Waals surface area contributed by atoms with Crippen molar-refractivity contribution < 1.29 is 28.2 Å². The Labute approximate surface area is 181 Å². The van der Waals surface area contributed by atoms with E-state index in [4.69, 9.17) is 4.74 Å². The molecule has 1 aromatic carbocycles. The highest BCUT2D eigenvalue weighted by molar-refractivity contribution is 5.99. The molecule has 8 nitrogen and oxygen atoms in total. The first-order chi connectivity index (χ1) is 15.3. The molecule has 1 aliphatic carbocycles. The molecule has 10 heteroatoms. The van der Waals surface area contributed by atoms with E-state index < -0.39 is 46.5 Å². The van der Waals surface area contributed by atoms with E-state index >= 15 is 0 Å². The van der Waals surface area contributed by atoms with Crippen LogP contribution in [0.3, 0.4) is 0 Å². The van der Waals surface area contributed by atoms with E-state index in [0.717, 1.165) is 31.7 Å². The van der Waals surface area contributed by atoms with Gasteiger partial charge in [0.15, 0.2) is 17.7 Å². The first-order valence-corrected chi connectivity index (χ1v) is 10.5. The van der Waals surface area contributed by atoms with Crippen molar-refractivity contribution in [2.75, 3.05) is 6.54 Å². The number of carbonyl (C=O) groups excluding carboxylic acids is 2.